The van der Waals surface area contributed by atoms with Crippen LogP contribution in [0.2, 0.25) is 0 Å². The number of aliphatic hydroxyl groups excluding tert-OH is 6. The molecule has 0 radical (unpaired) electrons. The smallest absolute Gasteiger partial charge is 0.0436 e. The summed E-state index contributed by atoms with van der Waals surface area (Å²) in [4.78, 5) is 0. The molecule has 0 atom stereocenters. The van der Waals surface area contributed by atoms with Crippen LogP contribution < -0.4 is 0 Å². The summed E-state index contributed by atoms with van der Waals surface area (Å²) in [5.74, 6) is 0. The normalized spacial score (nSPS) is 23.0. The van der Waals surface area contributed by atoms with Crippen LogP contribution in [0.15, 0.2) is 0 Å². The first-order valence-electron chi connectivity index (χ1n) is 24.7. The van der Waals surface area contributed by atoms with E-state index < -0.39 is 16.2 Å². The third kappa shape index (κ3) is 22.1. The molecule has 0 spiro atoms. The van der Waals surface area contributed by atoms with Crippen LogP contribution >= 0.6 is 0 Å². The van der Waals surface area contributed by atoms with Gasteiger partial charge in [0.05, 0.1) is 0 Å². The largest absolute Gasteiger partial charge is 0.396 e. The summed E-state index contributed by atoms with van der Waals surface area (Å²) in [5, 5.41) is 63.8. The average Bonchev–Trinajstić information content (AvgIpc) is 3.17. The highest BCUT2D eigenvalue weighted by molar-refractivity contribution is 5.08. The van der Waals surface area contributed by atoms with E-state index in [1.807, 2.05) is 0 Å². The van der Waals surface area contributed by atoms with E-state index in [-0.39, 0.29) is 39.6 Å². The lowest BCUT2D eigenvalue weighted by atomic mass is 9.42. The van der Waals surface area contributed by atoms with Gasteiger partial charge in [-0.1, -0.05) is 205 Å². The van der Waals surface area contributed by atoms with E-state index in [9.17, 15) is 30.6 Å². The Hall–Kier alpha value is -0.240. The average molecular weight is 783 g/mol. The van der Waals surface area contributed by atoms with Gasteiger partial charge in [0.15, 0.2) is 0 Å². The molecule has 6 heteroatoms. The van der Waals surface area contributed by atoms with Crippen LogP contribution in [0, 0.1) is 16.2 Å². The molecular formula is C49H98O6. The molecule has 55 heavy (non-hydrogen) atoms. The first kappa shape index (κ1) is 52.8. The van der Waals surface area contributed by atoms with Gasteiger partial charge in [-0.05, 0) is 67.6 Å². The number of hydrogen-bond donors (Lipinski definition) is 6. The minimum atomic E-state index is -0.630. The minimum Gasteiger partial charge on any atom is -0.396 e. The third-order valence-electron chi connectivity index (χ3n) is 14.5. The summed E-state index contributed by atoms with van der Waals surface area (Å²) in [6, 6.07) is 0. The maximum Gasteiger partial charge on any atom is 0.0436 e. The van der Waals surface area contributed by atoms with Crippen molar-refractivity contribution in [1.82, 2.24) is 0 Å². The van der Waals surface area contributed by atoms with Crippen molar-refractivity contribution in [1.29, 1.82) is 0 Å². The van der Waals surface area contributed by atoms with Crippen molar-refractivity contribution in [2.45, 2.75) is 257 Å². The number of aliphatic hydroxyl groups is 6. The second kappa shape index (κ2) is 36.8. The summed E-state index contributed by atoms with van der Waals surface area (Å²) in [7, 11) is 0. The molecule has 6 nitrogen and oxygen atoms in total. The standard InChI is InChI=1S/C49H98O6/c50-41-35-47(36-42-51)33-31-29-27-25-23-21-19-17-15-13-11-9-7-5-3-1-2-4-6-8-10-12-14-16-18-20-22-24-26-28-30-32-34-48(37-43-52,38-44-53)49(47,39-45-54)40-46-55/h50-55H,1-46H2. The molecule has 0 aromatic rings. The molecule has 1 rings (SSSR count). The molecule has 0 bridgehead atoms. The number of hydrogen-bond acceptors (Lipinski definition) is 6. The van der Waals surface area contributed by atoms with Gasteiger partial charge in [-0.3, -0.25) is 0 Å². The summed E-state index contributed by atoms with van der Waals surface area (Å²) < 4.78 is 0. The predicted molar refractivity (Wildman–Crippen MR) is 234 cm³/mol. The Morgan fingerprint density at radius 2 is 0.345 bits per heavy atom. The van der Waals surface area contributed by atoms with E-state index >= 15 is 0 Å². The molecule has 0 saturated heterocycles. The Morgan fingerprint density at radius 1 is 0.200 bits per heavy atom. The fourth-order valence-corrected chi connectivity index (χ4v) is 11.4. The molecule has 330 valence electrons. The van der Waals surface area contributed by atoms with Gasteiger partial charge in [0, 0.05) is 39.6 Å². The van der Waals surface area contributed by atoms with Crippen LogP contribution in [0.25, 0.3) is 0 Å². The third-order valence-corrected chi connectivity index (χ3v) is 14.5. The van der Waals surface area contributed by atoms with Crippen molar-refractivity contribution < 1.29 is 30.6 Å². The summed E-state index contributed by atoms with van der Waals surface area (Å²) >= 11 is 0. The van der Waals surface area contributed by atoms with Gasteiger partial charge >= 0.3 is 0 Å². The molecule has 0 aromatic heterocycles. The molecule has 1 aliphatic rings. The lowest BCUT2D eigenvalue weighted by Gasteiger charge is -2.62. The fourth-order valence-electron chi connectivity index (χ4n) is 11.4. The molecular weight excluding hydrogens is 685 g/mol. The Balaban J connectivity index is 2.99. The van der Waals surface area contributed by atoms with Crippen molar-refractivity contribution in [3.63, 3.8) is 0 Å². The van der Waals surface area contributed by atoms with Crippen LogP contribution in [0.5, 0.6) is 0 Å². The van der Waals surface area contributed by atoms with Gasteiger partial charge < -0.3 is 30.6 Å². The molecule has 0 heterocycles. The van der Waals surface area contributed by atoms with Crippen molar-refractivity contribution in [3.05, 3.63) is 0 Å². The van der Waals surface area contributed by atoms with Crippen LogP contribution in [-0.2, 0) is 0 Å². The highest BCUT2D eigenvalue weighted by Gasteiger charge is 2.59. The monoisotopic (exact) mass is 783 g/mol. The van der Waals surface area contributed by atoms with E-state index in [0.717, 1.165) is 38.5 Å². The second-order valence-electron chi connectivity index (χ2n) is 18.3. The van der Waals surface area contributed by atoms with Gasteiger partial charge in [0.2, 0.25) is 0 Å². The summed E-state index contributed by atoms with van der Waals surface area (Å²) in [6.07, 6.45) is 46.8. The van der Waals surface area contributed by atoms with E-state index in [1.54, 1.807) is 0 Å². The highest BCUT2D eigenvalue weighted by atomic mass is 16.3. The first-order chi connectivity index (χ1) is 27.1. The SMILES string of the molecule is OCCC1(CCO)CCCCCCCCCCCCCCCCCCCCCCCCCCCCCCCCCCC(CCO)(CCO)C1(CCO)CCO. The molecule has 0 aliphatic heterocycles. The Kier molecular flexibility index (Phi) is 35.3. The van der Waals surface area contributed by atoms with Crippen molar-refractivity contribution >= 4 is 0 Å². The summed E-state index contributed by atoms with van der Waals surface area (Å²) in [6.45, 7) is -0.200. The molecule has 1 saturated carbocycles. The van der Waals surface area contributed by atoms with Crippen LogP contribution in [0.3, 0.4) is 0 Å². The van der Waals surface area contributed by atoms with Gasteiger partial charge in [-0.15, -0.1) is 0 Å². The molecule has 0 amide bonds. The van der Waals surface area contributed by atoms with Gasteiger partial charge in [-0.2, -0.15) is 0 Å². The Bertz CT molecular complexity index is 713. The predicted octanol–water partition coefficient (Wildman–Crippen LogP) is 12.5. The number of rotatable bonds is 12. The fraction of sp³-hybridized carbons (Fsp3) is 1.00. The second-order valence-corrected chi connectivity index (χ2v) is 18.3. The Morgan fingerprint density at radius 3 is 0.491 bits per heavy atom. The minimum absolute atomic E-state index is 0.0209. The molecule has 1 aliphatic carbocycles. The van der Waals surface area contributed by atoms with E-state index in [4.69, 9.17) is 0 Å². The van der Waals surface area contributed by atoms with Crippen molar-refractivity contribution in [2.24, 2.45) is 16.2 Å². The summed E-state index contributed by atoms with van der Waals surface area (Å²) in [5.41, 5.74) is -1.66. The van der Waals surface area contributed by atoms with Crippen LogP contribution in [0.1, 0.15) is 257 Å². The van der Waals surface area contributed by atoms with Crippen molar-refractivity contribution in [2.75, 3.05) is 39.6 Å². The van der Waals surface area contributed by atoms with Crippen LogP contribution in [0.4, 0.5) is 0 Å². The van der Waals surface area contributed by atoms with E-state index in [0.29, 0.717) is 38.5 Å². The highest BCUT2D eigenvalue weighted by Crippen LogP contribution is 2.65. The lowest BCUT2D eigenvalue weighted by molar-refractivity contribution is -0.159. The Labute approximate surface area is 342 Å². The van der Waals surface area contributed by atoms with E-state index in [2.05, 4.69) is 0 Å². The van der Waals surface area contributed by atoms with E-state index in [1.165, 1.54) is 180 Å². The molecule has 6 N–H and O–H groups in total. The maximum atomic E-state index is 10.7. The van der Waals surface area contributed by atoms with Gasteiger partial charge in [0.25, 0.3) is 0 Å². The zero-order chi connectivity index (χ0) is 40.0. The zero-order valence-corrected chi connectivity index (χ0v) is 36.7. The lowest BCUT2D eigenvalue weighted by Crippen LogP contribution is -2.56. The van der Waals surface area contributed by atoms with Crippen LogP contribution in [-0.4, -0.2) is 70.3 Å². The molecule has 1 fully saturated rings. The van der Waals surface area contributed by atoms with Gasteiger partial charge in [0.1, 0.15) is 0 Å². The quantitative estimate of drug-likeness (QED) is 0.117. The molecule has 0 unspecified atom stereocenters. The topological polar surface area (TPSA) is 121 Å². The first-order valence-corrected chi connectivity index (χ1v) is 24.7. The van der Waals surface area contributed by atoms with Crippen molar-refractivity contribution in [3.8, 4) is 0 Å². The molecule has 0 aromatic carbocycles. The maximum absolute atomic E-state index is 10.7. The zero-order valence-electron chi connectivity index (χ0n) is 36.7. The van der Waals surface area contributed by atoms with Gasteiger partial charge in [-0.25, -0.2) is 0 Å².